The van der Waals surface area contributed by atoms with E-state index in [4.69, 9.17) is 4.74 Å². The van der Waals surface area contributed by atoms with Gasteiger partial charge in [0.2, 0.25) is 0 Å². The highest BCUT2D eigenvalue weighted by atomic mass is 19.1. The van der Waals surface area contributed by atoms with Gasteiger partial charge < -0.3 is 20.3 Å². The summed E-state index contributed by atoms with van der Waals surface area (Å²) in [6.45, 7) is 0.699. The smallest absolute Gasteiger partial charge is 0.279 e. The number of benzene rings is 2. The summed E-state index contributed by atoms with van der Waals surface area (Å²) in [4.78, 5) is 24.7. The van der Waals surface area contributed by atoms with Gasteiger partial charge in [0.05, 0.1) is 14.2 Å². The minimum Gasteiger partial charge on any atom is -0.494 e. The fourth-order valence-electron chi connectivity index (χ4n) is 2.59. The number of methoxy groups -OCH3 is 1. The number of hydrogen-bond donors (Lipinski definition) is 3. The van der Waals surface area contributed by atoms with E-state index in [1.807, 2.05) is 7.05 Å². The zero-order valence-electron chi connectivity index (χ0n) is 15.1. The Morgan fingerprint density at radius 1 is 1.19 bits per heavy atom. The standard InChI is InChI=1S/C19H22FN3O3/c1-21-19(25)14-5-4-6-15(10-14)22-18(24)12-23(2)11-13-7-8-17(26-3)16(20)9-13/h4-10H,11-12H2,1-3H3,(H,21,25)(H,22,24)/p+1. The molecule has 0 spiro atoms. The van der Waals surface area contributed by atoms with Gasteiger partial charge in [0.15, 0.2) is 18.1 Å². The van der Waals surface area contributed by atoms with Crippen LogP contribution in [0.2, 0.25) is 0 Å². The van der Waals surface area contributed by atoms with Gasteiger partial charge in [-0.2, -0.15) is 0 Å². The molecule has 2 aromatic carbocycles. The number of ether oxygens (including phenoxy) is 1. The van der Waals surface area contributed by atoms with Gasteiger partial charge in [-0.05, 0) is 36.4 Å². The van der Waals surface area contributed by atoms with Crippen molar-refractivity contribution in [1.29, 1.82) is 0 Å². The third-order valence-electron chi connectivity index (χ3n) is 3.82. The topological polar surface area (TPSA) is 71.9 Å². The number of carbonyl (C=O) groups excluding carboxylic acids is 2. The molecule has 2 amide bonds. The number of hydrogen-bond acceptors (Lipinski definition) is 3. The van der Waals surface area contributed by atoms with Crippen LogP contribution >= 0.6 is 0 Å². The van der Waals surface area contributed by atoms with E-state index in [1.165, 1.54) is 13.2 Å². The number of anilines is 1. The Morgan fingerprint density at radius 2 is 1.96 bits per heavy atom. The number of nitrogens with one attached hydrogen (secondary N) is 3. The van der Waals surface area contributed by atoms with Crippen LogP contribution in [0.1, 0.15) is 15.9 Å². The number of likely N-dealkylation sites (N-methyl/N-ethyl adjacent to an activating group) is 1. The molecule has 7 heteroatoms. The second-order valence-electron chi connectivity index (χ2n) is 5.99. The third-order valence-corrected chi connectivity index (χ3v) is 3.82. The van der Waals surface area contributed by atoms with Crippen molar-refractivity contribution in [3.05, 3.63) is 59.4 Å². The van der Waals surface area contributed by atoms with Crippen molar-refractivity contribution in [3.8, 4) is 5.75 Å². The summed E-state index contributed by atoms with van der Waals surface area (Å²) >= 11 is 0. The molecular weight excluding hydrogens is 337 g/mol. The summed E-state index contributed by atoms with van der Waals surface area (Å²) in [7, 11) is 4.81. The highest BCUT2D eigenvalue weighted by molar-refractivity contribution is 5.97. The van der Waals surface area contributed by atoms with Gasteiger partial charge in [0.25, 0.3) is 11.8 Å². The largest absolute Gasteiger partial charge is 0.494 e. The Balaban J connectivity index is 1.93. The Hall–Kier alpha value is -2.93. The van der Waals surface area contributed by atoms with Crippen LogP contribution in [0.3, 0.4) is 0 Å². The molecule has 0 aliphatic heterocycles. The highest BCUT2D eigenvalue weighted by Gasteiger charge is 2.13. The molecule has 6 nitrogen and oxygen atoms in total. The van der Waals surface area contributed by atoms with Crippen molar-refractivity contribution in [3.63, 3.8) is 0 Å². The average molecular weight is 360 g/mol. The van der Waals surface area contributed by atoms with E-state index in [-0.39, 0.29) is 24.1 Å². The molecule has 0 radical (unpaired) electrons. The van der Waals surface area contributed by atoms with Gasteiger partial charge in [-0.15, -0.1) is 0 Å². The molecule has 2 aromatic rings. The Kier molecular flexibility index (Phi) is 6.68. The maximum Gasteiger partial charge on any atom is 0.279 e. The zero-order chi connectivity index (χ0) is 19.1. The van der Waals surface area contributed by atoms with Crippen molar-refractivity contribution < 1.29 is 23.6 Å². The first kappa shape index (κ1) is 19.4. The molecule has 0 fully saturated rings. The lowest BCUT2D eigenvalue weighted by Gasteiger charge is -2.14. The molecule has 138 valence electrons. The molecule has 0 aliphatic rings. The van der Waals surface area contributed by atoms with Gasteiger partial charge in [-0.25, -0.2) is 4.39 Å². The second-order valence-corrected chi connectivity index (χ2v) is 5.99. The number of rotatable bonds is 7. The quantitative estimate of drug-likeness (QED) is 0.685. The first-order valence-corrected chi connectivity index (χ1v) is 8.18. The summed E-state index contributed by atoms with van der Waals surface area (Å²) in [6, 6.07) is 11.5. The average Bonchev–Trinajstić information content (AvgIpc) is 2.61. The van der Waals surface area contributed by atoms with Crippen LogP contribution in [-0.2, 0) is 11.3 Å². The van der Waals surface area contributed by atoms with E-state index in [9.17, 15) is 14.0 Å². The minimum absolute atomic E-state index is 0.189. The van der Waals surface area contributed by atoms with Crippen molar-refractivity contribution in [1.82, 2.24) is 5.32 Å². The number of carbonyl (C=O) groups is 2. The number of amides is 2. The molecule has 2 rings (SSSR count). The Bertz CT molecular complexity index is 795. The molecule has 0 saturated heterocycles. The van der Waals surface area contributed by atoms with E-state index in [2.05, 4.69) is 10.6 Å². The highest BCUT2D eigenvalue weighted by Crippen LogP contribution is 2.17. The van der Waals surface area contributed by atoms with E-state index in [1.54, 1.807) is 43.4 Å². The van der Waals surface area contributed by atoms with Crippen LogP contribution < -0.4 is 20.3 Å². The summed E-state index contributed by atoms with van der Waals surface area (Å²) in [5.74, 6) is -0.635. The molecule has 0 aliphatic carbocycles. The Morgan fingerprint density at radius 3 is 2.62 bits per heavy atom. The fourth-order valence-corrected chi connectivity index (χ4v) is 2.59. The molecule has 1 unspecified atom stereocenters. The van der Waals surface area contributed by atoms with Gasteiger partial charge >= 0.3 is 0 Å². The Labute approximate surface area is 152 Å². The maximum absolute atomic E-state index is 13.7. The van der Waals surface area contributed by atoms with Crippen molar-refractivity contribution in [2.75, 3.05) is 33.1 Å². The van der Waals surface area contributed by atoms with E-state index < -0.39 is 5.82 Å². The number of halogens is 1. The first-order chi connectivity index (χ1) is 12.4. The molecule has 0 heterocycles. The van der Waals surface area contributed by atoms with Gasteiger partial charge in [0, 0.05) is 23.9 Å². The predicted molar refractivity (Wildman–Crippen MR) is 96.9 cm³/mol. The minimum atomic E-state index is -0.423. The summed E-state index contributed by atoms with van der Waals surface area (Å²) < 4.78 is 18.6. The zero-order valence-corrected chi connectivity index (χ0v) is 15.1. The van der Waals surface area contributed by atoms with Crippen LogP contribution in [-0.4, -0.2) is 39.6 Å². The van der Waals surface area contributed by atoms with Crippen molar-refractivity contribution >= 4 is 17.5 Å². The number of quaternary nitrogens is 1. The monoisotopic (exact) mass is 360 g/mol. The second kappa shape index (κ2) is 8.96. The van der Waals surface area contributed by atoms with Gasteiger partial charge in [-0.1, -0.05) is 6.07 Å². The lowest BCUT2D eigenvalue weighted by molar-refractivity contribution is -0.885. The van der Waals surface area contributed by atoms with Crippen LogP contribution in [0.5, 0.6) is 5.75 Å². The van der Waals surface area contributed by atoms with Crippen molar-refractivity contribution in [2.24, 2.45) is 0 Å². The maximum atomic E-state index is 13.7. The van der Waals surface area contributed by atoms with E-state index in [0.717, 1.165) is 10.5 Å². The first-order valence-electron chi connectivity index (χ1n) is 8.18. The fraction of sp³-hybridized carbons (Fsp3) is 0.263. The third kappa shape index (κ3) is 5.29. The predicted octanol–water partition coefficient (Wildman–Crippen LogP) is 0.847. The molecule has 3 N–H and O–H groups in total. The normalized spacial score (nSPS) is 11.5. The molecule has 0 bridgehead atoms. The molecule has 0 aromatic heterocycles. The van der Waals surface area contributed by atoms with E-state index >= 15 is 0 Å². The van der Waals surface area contributed by atoms with Gasteiger partial charge in [0.1, 0.15) is 6.54 Å². The molecule has 26 heavy (non-hydrogen) atoms. The SMILES string of the molecule is CNC(=O)c1cccc(NC(=O)C[NH+](C)Cc2ccc(OC)c(F)c2)c1. The lowest BCUT2D eigenvalue weighted by atomic mass is 10.2. The summed E-state index contributed by atoms with van der Waals surface area (Å²) in [5.41, 5.74) is 1.80. The van der Waals surface area contributed by atoms with Crippen LogP contribution in [0.15, 0.2) is 42.5 Å². The summed E-state index contributed by atoms with van der Waals surface area (Å²) in [5, 5.41) is 5.31. The van der Waals surface area contributed by atoms with Crippen LogP contribution in [0.4, 0.5) is 10.1 Å². The lowest BCUT2D eigenvalue weighted by Crippen LogP contribution is -3.08. The summed E-state index contributed by atoms with van der Waals surface area (Å²) in [6.07, 6.45) is 0. The van der Waals surface area contributed by atoms with Crippen molar-refractivity contribution in [2.45, 2.75) is 6.54 Å². The molecule has 0 saturated carbocycles. The van der Waals surface area contributed by atoms with Gasteiger partial charge in [-0.3, -0.25) is 9.59 Å². The van der Waals surface area contributed by atoms with Crippen LogP contribution in [0.25, 0.3) is 0 Å². The molecule has 1 atom stereocenters. The van der Waals surface area contributed by atoms with E-state index in [0.29, 0.717) is 17.8 Å². The molecular formula is C19H23FN3O3+. The van der Waals surface area contributed by atoms with Crippen LogP contribution in [0, 0.1) is 5.82 Å².